The number of carbonyl (C=O) groups excluding carboxylic acids is 1. The van der Waals surface area contributed by atoms with E-state index in [4.69, 9.17) is 4.74 Å². The summed E-state index contributed by atoms with van der Waals surface area (Å²) in [5.74, 6) is 0.716. The molecule has 1 amide bonds. The van der Waals surface area contributed by atoms with Gasteiger partial charge in [0.15, 0.2) is 0 Å². The highest BCUT2D eigenvalue weighted by molar-refractivity contribution is 5.93. The summed E-state index contributed by atoms with van der Waals surface area (Å²) in [5, 5.41) is 4.30. The average molecular weight is 321 g/mol. The molecular weight excluding hydrogens is 302 g/mol. The van der Waals surface area contributed by atoms with E-state index >= 15 is 0 Å². The number of nitrogens with zero attached hydrogens (tertiary/aromatic N) is 1. The third-order valence-electron chi connectivity index (χ3n) is 4.62. The first-order chi connectivity index (χ1) is 11.8. The van der Waals surface area contributed by atoms with Crippen LogP contribution >= 0.6 is 0 Å². The number of pyridine rings is 1. The van der Waals surface area contributed by atoms with E-state index in [0.29, 0.717) is 5.69 Å². The van der Waals surface area contributed by atoms with Crippen LogP contribution in [0.3, 0.4) is 0 Å². The largest absolute Gasteiger partial charge is 0.497 e. The maximum atomic E-state index is 12.4. The third-order valence-corrected chi connectivity index (χ3v) is 4.62. The average Bonchev–Trinajstić information content (AvgIpc) is 3.01. The first kappa shape index (κ1) is 14.8. The lowest BCUT2D eigenvalue weighted by Crippen LogP contribution is -2.31. The first-order valence-corrected chi connectivity index (χ1v) is 8.16. The van der Waals surface area contributed by atoms with Crippen molar-refractivity contribution in [3.05, 3.63) is 59.5 Å². The molecule has 24 heavy (non-hydrogen) atoms. The fourth-order valence-corrected chi connectivity index (χ4v) is 3.44. The van der Waals surface area contributed by atoms with E-state index in [1.54, 1.807) is 25.4 Å². The Hall–Kier alpha value is -2.82. The van der Waals surface area contributed by atoms with Crippen LogP contribution < -0.4 is 10.1 Å². The number of carbonyl (C=O) groups is 1. The Morgan fingerprint density at radius 2 is 2.25 bits per heavy atom. The summed E-state index contributed by atoms with van der Waals surface area (Å²) in [7, 11) is 1.68. The molecule has 2 aromatic heterocycles. The Kier molecular flexibility index (Phi) is 3.69. The molecule has 1 aliphatic carbocycles. The summed E-state index contributed by atoms with van der Waals surface area (Å²) in [6.45, 7) is 0. The molecule has 0 bridgehead atoms. The predicted octanol–water partition coefficient (Wildman–Crippen LogP) is 3.38. The van der Waals surface area contributed by atoms with Crippen LogP contribution in [0.1, 0.15) is 40.6 Å². The summed E-state index contributed by atoms with van der Waals surface area (Å²) in [6, 6.07) is 11.4. The van der Waals surface area contributed by atoms with Crippen molar-refractivity contribution < 1.29 is 9.53 Å². The molecule has 3 aromatic rings. The molecule has 5 heteroatoms. The molecule has 2 heterocycles. The zero-order chi connectivity index (χ0) is 16.5. The topological polar surface area (TPSA) is 67.0 Å². The SMILES string of the molecule is COc1ccc2[nH]c3c(c2c1)CCCC3NC(=O)c1ccccn1. The van der Waals surface area contributed by atoms with Crippen LogP contribution in [0.2, 0.25) is 0 Å². The molecule has 0 radical (unpaired) electrons. The summed E-state index contributed by atoms with van der Waals surface area (Å²) in [6.07, 6.45) is 4.62. The number of fused-ring (bicyclic) bond motifs is 3. The number of amides is 1. The van der Waals surface area contributed by atoms with E-state index < -0.39 is 0 Å². The second-order valence-electron chi connectivity index (χ2n) is 6.06. The number of aryl methyl sites for hydroxylation is 1. The summed E-state index contributed by atoms with van der Waals surface area (Å²) < 4.78 is 5.34. The van der Waals surface area contributed by atoms with E-state index in [9.17, 15) is 4.79 Å². The Labute approximate surface area is 140 Å². The van der Waals surface area contributed by atoms with Gasteiger partial charge in [-0.05, 0) is 55.2 Å². The fraction of sp³-hybridized carbons (Fsp3) is 0.263. The summed E-state index contributed by atoms with van der Waals surface area (Å²) >= 11 is 0. The zero-order valence-corrected chi connectivity index (χ0v) is 13.5. The van der Waals surface area contributed by atoms with Crippen LogP contribution in [0, 0.1) is 0 Å². The van der Waals surface area contributed by atoms with Gasteiger partial charge >= 0.3 is 0 Å². The molecule has 1 aromatic carbocycles. The van der Waals surface area contributed by atoms with Crippen molar-refractivity contribution >= 4 is 16.8 Å². The van der Waals surface area contributed by atoms with Gasteiger partial charge in [-0.2, -0.15) is 0 Å². The van der Waals surface area contributed by atoms with Crippen LogP contribution in [0.5, 0.6) is 5.75 Å². The van der Waals surface area contributed by atoms with Gasteiger partial charge in [0, 0.05) is 22.8 Å². The van der Waals surface area contributed by atoms with Crippen molar-refractivity contribution in [1.82, 2.24) is 15.3 Å². The number of aromatic amines is 1. The van der Waals surface area contributed by atoms with Crippen molar-refractivity contribution in [2.75, 3.05) is 7.11 Å². The van der Waals surface area contributed by atoms with Crippen molar-refractivity contribution in [3.63, 3.8) is 0 Å². The number of H-pyrrole nitrogens is 1. The van der Waals surface area contributed by atoms with Gasteiger partial charge in [-0.25, -0.2) is 0 Å². The zero-order valence-electron chi connectivity index (χ0n) is 13.5. The van der Waals surface area contributed by atoms with Crippen molar-refractivity contribution in [2.24, 2.45) is 0 Å². The predicted molar refractivity (Wildman–Crippen MR) is 92.2 cm³/mol. The second-order valence-corrected chi connectivity index (χ2v) is 6.06. The van der Waals surface area contributed by atoms with E-state index in [1.807, 2.05) is 18.2 Å². The molecule has 4 rings (SSSR count). The van der Waals surface area contributed by atoms with Crippen LogP contribution in [0.4, 0.5) is 0 Å². The quantitative estimate of drug-likeness (QED) is 0.777. The van der Waals surface area contributed by atoms with Crippen LogP contribution in [-0.4, -0.2) is 23.0 Å². The molecule has 0 fully saturated rings. The number of hydrogen-bond donors (Lipinski definition) is 2. The highest BCUT2D eigenvalue weighted by Gasteiger charge is 2.26. The second kappa shape index (κ2) is 6.00. The van der Waals surface area contributed by atoms with Crippen molar-refractivity contribution in [1.29, 1.82) is 0 Å². The van der Waals surface area contributed by atoms with Crippen LogP contribution in [0.15, 0.2) is 42.6 Å². The van der Waals surface area contributed by atoms with Gasteiger partial charge in [-0.3, -0.25) is 9.78 Å². The van der Waals surface area contributed by atoms with Gasteiger partial charge in [0.25, 0.3) is 5.91 Å². The van der Waals surface area contributed by atoms with E-state index in [-0.39, 0.29) is 11.9 Å². The number of hydrogen-bond acceptors (Lipinski definition) is 3. The number of ether oxygens (including phenoxy) is 1. The molecule has 1 unspecified atom stereocenters. The number of aromatic nitrogens is 2. The van der Waals surface area contributed by atoms with Gasteiger partial charge < -0.3 is 15.0 Å². The smallest absolute Gasteiger partial charge is 0.270 e. The Balaban J connectivity index is 1.67. The number of benzene rings is 1. The number of nitrogens with one attached hydrogen (secondary N) is 2. The minimum Gasteiger partial charge on any atom is -0.497 e. The Bertz CT molecular complexity index is 886. The summed E-state index contributed by atoms with van der Waals surface area (Å²) in [5.41, 5.74) is 3.91. The third kappa shape index (κ3) is 2.52. The Morgan fingerprint density at radius 3 is 3.04 bits per heavy atom. The molecule has 1 atom stereocenters. The number of methoxy groups -OCH3 is 1. The van der Waals surface area contributed by atoms with Gasteiger partial charge in [0.1, 0.15) is 11.4 Å². The standard InChI is InChI=1S/C19H19N3O2/c1-24-12-8-9-15-14(11-12)13-5-4-7-16(18(13)21-15)22-19(23)17-6-2-3-10-20-17/h2-3,6,8-11,16,21H,4-5,7H2,1H3,(H,22,23). The molecular formula is C19H19N3O2. The normalized spacial score (nSPS) is 16.6. The van der Waals surface area contributed by atoms with Crippen molar-refractivity contribution in [3.8, 4) is 5.75 Å². The highest BCUT2D eigenvalue weighted by Crippen LogP contribution is 2.36. The van der Waals surface area contributed by atoms with Gasteiger partial charge in [0.05, 0.1) is 13.2 Å². The van der Waals surface area contributed by atoms with E-state index in [0.717, 1.165) is 36.2 Å². The monoisotopic (exact) mass is 321 g/mol. The molecule has 0 aliphatic heterocycles. The lowest BCUT2D eigenvalue weighted by molar-refractivity contribution is 0.0927. The molecule has 0 saturated carbocycles. The lowest BCUT2D eigenvalue weighted by atomic mass is 9.91. The molecule has 1 aliphatic rings. The minimum atomic E-state index is -0.135. The highest BCUT2D eigenvalue weighted by atomic mass is 16.5. The first-order valence-electron chi connectivity index (χ1n) is 8.16. The van der Waals surface area contributed by atoms with Crippen molar-refractivity contribution in [2.45, 2.75) is 25.3 Å². The molecule has 122 valence electrons. The minimum absolute atomic E-state index is 0.0124. The molecule has 0 spiro atoms. The van der Waals surface area contributed by atoms with Gasteiger partial charge in [-0.15, -0.1) is 0 Å². The van der Waals surface area contributed by atoms with E-state index in [1.165, 1.54) is 10.9 Å². The fourth-order valence-electron chi connectivity index (χ4n) is 3.44. The maximum absolute atomic E-state index is 12.4. The van der Waals surface area contributed by atoms with Gasteiger partial charge in [0.2, 0.25) is 0 Å². The number of rotatable bonds is 3. The Morgan fingerprint density at radius 1 is 1.33 bits per heavy atom. The van der Waals surface area contributed by atoms with Crippen LogP contribution in [0.25, 0.3) is 10.9 Å². The lowest BCUT2D eigenvalue weighted by Gasteiger charge is -2.23. The van der Waals surface area contributed by atoms with E-state index in [2.05, 4.69) is 21.4 Å². The molecule has 2 N–H and O–H groups in total. The molecule has 0 saturated heterocycles. The van der Waals surface area contributed by atoms with Crippen LogP contribution in [-0.2, 0) is 6.42 Å². The summed E-state index contributed by atoms with van der Waals surface area (Å²) in [4.78, 5) is 20.0. The maximum Gasteiger partial charge on any atom is 0.270 e. The van der Waals surface area contributed by atoms with Gasteiger partial charge in [-0.1, -0.05) is 6.07 Å². The molecule has 5 nitrogen and oxygen atoms in total.